The van der Waals surface area contributed by atoms with Crippen molar-refractivity contribution >= 4 is 43.5 Å². The Labute approximate surface area is 329 Å². The lowest BCUT2D eigenvalue weighted by Crippen LogP contribution is -2.00. The van der Waals surface area contributed by atoms with Crippen molar-refractivity contribution in [1.29, 1.82) is 0 Å². The maximum atomic E-state index is 6.73. The van der Waals surface area contributed by atoms with Gasteiger partial charge in [-0.05, 0) is 73.6 Å². The van der Waals surface area contributed by atoms with Crippen LogP contribution in [0.2, 0.25) is 0 Å². The summed E-state index contributed by atoms with van der Waals surface area (Å²) >= 11 is 0. The molecule has 11 rings (SSSR count). The Morgan fingerprint density at radius 3 is 1.37 bits per heavy atom. The minimum atomic E-state index is 0.619. The molecule has 9 aromatic carbocycles. The third-order valence-corrected chi connectivity index (χ3v) is 10.9. The zero-order valence-electron chi connectivity index (χ0n) is 30.8. The van der Waals surface area contributed by atoms with Crippen LogP contribution in [0, 0.1) is 0 Å². The van der Waals surface area contributed by atoms with Crippen molar-refractivity contribution in [1.82, 2.24) is 15.0 Å². The van der Waals surface area contributed by atoms with E-state index < -0.39 is 0 Å². The molecule has 0 spiro atoms. The molecule has 266 valence electrons. The summed E-state index contributed by atoms with van der Waals surface area (Å²) in [6.45, 7) is 0. The first-order valence-corrected chi connectivity index (χ1v) is 19.2. The molecule has 2 heterocycles. The van der Waals surface area contributed by atoms with E-state index in [9.17, 15) is 0 Å². The highest BCUT2D eigenvalue weighted by Gasteiger charge is 2.19. The van der Waals surface area contributed by atoms with Crippen molar-refractivity contribution in [3.8, 4) is 67.5 Å². The Balaban J connectivity index is 1.01. The molecule has 0 atom stereocenters. The van der Waals surface area contributed by atoms with Gasteiger partial charge >= 0.3 is 0 Å². The molecular formula is C53H33N3O. The summed E-state index contributed by atoms with van der Waals surface area (Å²) in [6.07, 6.45) is 0. The fourth-order valence-corrected chi connectivity index (χ4v) is 7.98. The largest absolute Gasteiger partial charge is 0.455 e. The summed E-state index contributed by atoms with van der Waals surface area (Å²) in [4.78, 5) is 15.1. The van der Waals surface area contributed by atoms with Gasteiger partial charge in [0, 0.05) is 33.0 Å². The maximum absolute atomic E-state index is 6.73. The molecule has 0 aliphatic carbocycles. The second kappa shape index (κ2) is 13.6. The molecule has 0 unspecified atom stereocenters. The molecule has 0 bridgehead atoms. The topological polar surface area (TPSA) is 51.8 Å². The second-order valence-corrected chi connectivity index (χ2v) is 14.4. The third-order valence-electron chi connectivity index (χ3n) is 10.9. The van der Waals surface area contributed by atoms with Gasteiger partial charge < -0.3 is 4.42 Å². The smallest absolute Gasteiger partial charge is 0.164 e. The Hall–Kier alpha value is -7.69. The Morgan fingerprint density at radius 2 is 0.737 bits per heavy atom. The second-order valence-electron chi connectivity index (χ2n) is 14.4. The van der Waals surface area contributed by atoms with Crippen molar-refractivity contribution in [2.24, 2.45) is 0 Å². The number of rotatable bonds is 6. The standard InChI is InChI=1S/C53H33N3O/c1-3-12-36(13-4-1)46-30-29-45(49-47-32-42-17-9-10-18-43(42)33-48(47)57-50(46)49)37-22-26-40(27-23-37)53-55-51(38-14-5-2-6-15-38)54-52(56-53)39-24-19-35(20-25-39)44-28-21-34-11-7-8-16-41(34)31-44/h1-33H. The lowest BCUT2D eigenvalue weighted by Gasteiger charge is -2.11. The number of aromatic nitrogens is 3. The molecule has 4 nitrogen and oxygen atoms in total. The van der Waals surface area contributed by atoms with Crippen molar-refractivity contribution in [2.75, 3.05) is 0 Å². The molecule has 4 heteroatoms. The van der Waals surface area contributed by atoms with Crippen LogP contribution in [0.3, 0.4) is 0 Å². The molecule has 2 aromatic heterocycles. The molecule has 0 aliphatic heterocycles. The van der Waals surface area contributed by atoms with Crippen molar-refractivity contribution < 1.29 is 4.42 Å². The first-order chi connectivity index (χ1) is 28.2. The van der Waals surface area contributed by atoms with Crippen molar-refractivity contribution in [3.63, 3.8) is 0 Å². The first-order valence-electron chi connectivity index (χ1n) is 19.2. The highest BCUT2D eigenvalue weighted by molar-refractivity contribution is 6.18. The number of benzene rings is 9. The monoisotopic (exact) mass is 727 g/mol. The number of hydrogen-bond donors (Lipinski definition) is 0. The van der Waals surface area contributed by atoms with E-state index >= 15 is 0 Å². The van der Waals surface area contributed by atoms with E-state index in [0.29, 0.717) is 17.5 Å². The van der Waals surface area contributed by atoms with Crippen LogP contribution in [0.5, 0.6) is 0 Å². The first kappa shape index (κ1) is 32.7. The van der Waals surface area contributed by atoms with Crippen LogP contribution in [0.25, 0.3) is 111 Å². The van der Waals surface area contributed by atoms with Crippen LogP contribution >= 0.6 is 0 Å². The predicted octanol–water partition coefficient (Wildman–Crippen LogP) is 14.1. The Kier molecular flexibility index (Phi) is 7.78. The quantitative estimate of drug-likeness (QED) is 0.171. The van der Waals surface area contributed by atoms with Gasteiger partial charge in [-0.25, -0.2) is 15.0 Å². The predicted molar refractivity (Wildman–Crippen MR) is 235 cm³/mol. The van der Waals surface area contributed by atoms with E-state index in [2.05, 4.69) is 164 Å². The number of nitrogens with zero attached hydrogens (tertiary/aromatic N) is 3. The van der Waals surface area contributed by atoms with Gasteiger partial charge in [-0.2, -0.15) is 0 Å². The fourth-order valence-electron chi connectivity index (χ4n) is 7.98. The molecule has 0 aliphatic rings. The number of hydrogen-bond acceptors (Lipinski definition) is 4. The molecule has 0 amide bonds. The Bertz CT molecular complexity index is 3260. The van der Waals surface area contributed by atoms with Crippen LogP contribution in [-0.4, -0.2) is 15.0 Å². The minimum Gasteiger partial charge on any atom is -0.455 e. The summed E-state index contributed by atoms with van der Waals surface area (Å²) in [6, 6.07) is 69.9. The van der Waals surface area contributed by atoms with E-state index in [0.717, 1.165) is 71.8 Å². The molecular weight excluding hydrogens is 695 g/mol. The zero-order valence-corrected chi connectivity index (χ0v) is 30.8. The molecule has 11 aromatic rings. The zero-order chi connectivity index (χ0) is 37.7. The summed E-state index contributed by atoms with van der Waals surface area (Å²) < 4.78 is 6.73. The van der Waals surface area contributed by atoms with Gasteiger partial charge in [0.05, 0.1) is 0 Å². The van der Waals surface area contributed by atoms with Crippen LogP contribution < -0.4 is 0 Å². The lowest BCUT2D eigenvalue weighted by atomic mass is 9.93. The summed E-state index contributed by atoms with van der Waals surface area (Å²) in [5, 5.41) is 6.99. The summed E-state index contributed by atoms with van der Waals surface area (Å²) in [5.41, 5.74) is 11.2. The summed E-state index contributed by atoms with van der Waals surface area (Å²) in [7, 11) is 0. The minimum absolute atomic E-state index is 0.619. The molecule has 0 N–H and O–H groups in total. The maximum Gasteiger partial charge on any atom is 0.164 e. The highest BCUT2D eigenvalue weighted by Crippen LogP contribution is 2.43. The SMILES string of the molecule is c1ccc(-c2nc(-c3ccc(-c4ccc5ccccc5c4)cc3)nc(-c3ccc(-c4ccc(-c5ccccc5)c5oc6cc7ccccc7cc6c45)cc3)n2)cc1. The summed E-state index contributed by atoms with van der Waals surface area (Å²) in [5.74, 6) is 1.88. The van der Waals surface area contributed by atoms with E-state index in [1.165, 1.54) is 21.7 Å². The van der Waals surface area contributed by atoms with Crippen LogP contribution in [0.1, 0.15) is 0 Å². The fraction of sp³-hybridized carbons (Fsp3) is 0. The van der Waals surface area contributed by atoms with Gasteiger partial charge in [0.2, 0.25) is 0 Å². The van der Waals surface area contributed by atoms with Crippen molar-refractivity contribution in [2.45, 2.75) is 0 Å². The molecule has 0 saturated carbocycles. The van der Waals surface area contributed by atoms with Gasteiger partial charge in [0.15, 0.2) is 17.5 Å². The van der Waals surface area contributed by atoms with Gasteiger partial charge in [-0.15, -0.1) is 0 Å². The highest BCUT2D eigenvalue weighted by atomic mass is 16.3. The van der Waals surface area contributed by atoms with Gasteiger partial charge in [0.1, 0.15) is 11.2 Å². The molecule has 0 fully saturated rings. The molecule has 0 radical (unpaired) electrons. The number of furan rings is 1. The van der Waals surface area contributed by atoms with Crippen LogP contribution in [0.15, 0.2) is 205 Å². The van der Waals surface area contributed by atoms with Crippen LogP contribution in [-0.2, 0) is 0 Å². The number of fused-ring (bicyclic) bond motifs is 5. The average Bonchev–Trinajstić information content (AvgIpc) is 3.66. The van der Waals surface area contributed by atoms with E-state index in [-0.39, 0.29) is 0 Å². The molecule has 0 saturated heterocycles. The third kappa shape index (κ3) is 5.92. The van der Waals surface area contributed by atoms with Gasteiger partial charge in [-0.3, -0.25) is 0 Å². The van der Waals surface area contributed by atoms with Crippen molar-refractivity contribution in [3.05, 3.63) is 200 Å². The van der Waals surface area contributed by atoms with Gasteiger partial charge in [0.25, 0.3) is 0 Å². The van der Waals surface area contributed by atoms with Crippen LogP contribution in [0.4, 0.5) is 0 Å². The van der Waals surface area contributed by atoms with E-state index in [4.69, 9.17) is 19.4 Å². The molecule has 57 heavy (non-hydrogen) atoms. The normalized spacial score (nSPS) is 11.5. The lowest BCUT2D eigenvalue weighted by molar-refractivity contribution is 0.670. The van der Waals surface area contributed by atoms with E-state index in [1.54, 1.807) is 0 Å². The Morgan fingerprint density at radius 1 is 0.298 bits per heavy atom. The van der Waals surface area contributed by atoms with E-state index in [1.807, 2.05) is 36.4 Å². The van der Waals surface area contributed by atoms with Gasteiger partial charge in [-0.1, -0.05) is 176 Å². The average molecular weight is 728 g/mol.